The molecule has 0 radical (unpaired) electrons. The molecule has 2 amide bonds. The minimum atomic E-state index is -4.49. The minimum absolute atomic E-state index is 0.00447. The number of hydrogen-bond acceptors (Lipinski definition) is 3. The molecule has 0 heterocycles. The van der Waals surface area contributed by atoms with Gasteiger partial charge in [0, 0.05) is 25.7 Å². The molecule has 1 N–H and O–H groups in total. The third kappa shape index (κ3) is 6.43. The van der Waals surface area contributed by atoms with Crippen LogP contribution in [0.2, 0.25) is 0 Å². The van der Waals surface area contributed by atoms with Crippen molar-refractivity contribution < 1.29 is 31.9 Å². The van der Waals surface area contributed by atoms with Gasteiger partial charge in [0.1, 0.15) is 6.61 Å². The van der Waals surface area contributed by atoms with E-state index in [0.717, 1.165) is 23.8 Å². The van der Waals surface area contributed by atoms with Crippen molar-refractivity contribution in [3.8, 4) is 16.9 Å². The summed E-state index contributed by atoms with van der Waals surface area (Å²) in [4.78, 5) is 27.5. The van der Waals surface area contributed by atoms with Crippen LogP contribution in [0.1, 0.15) is 31.8 Å². The summed E-state index contributed by atoms with van der Waals surface area (Å²) in [6.45, 7) is 0.0690. The Balaban J connectivity index is 1.65. The Kier molecular flexibility index (Phi) is 7.99. The highest BCUT2D eigenvalue weighted by Crippen LogP contribution is 2.33. The Bertz CT molecular complexity index is 1480. The number of rotatable bonds is 7. The maximum atomic E-state index is 15.0. The molecule has 39 heavy (non-hydrogen) atoms. The van der Waals surface area contributed by atoms with E-state index in [9.17, 15) is 22.8 Å². The Hall–Kier alpha value is -4.66. The number of benzene rings is 4. The van der Waals surface area contributed by atoms with Crippen molar-refractivity contribution in [2.24, 2.45) is 0 Å². The van der Waals surface area contributed by atoms with Crippen molar-refractivity contribution in [3.63, 3.8) is 0 Å². The van der Waals surface area contributed by atoms with Crippen LogP contribution in [-0.4, -0.2) is 30.8 Å². The zero-order valence-electron chi connectivity index (χ0n) is 21.1. The summed E-state index contributed by atoms with van der Waals surface area (Å²) in [6.07, 6.45) is -4.49. The van der Waals surface area contributed by atoms with Gasteiger partial charge in [-0.05, 0) is 41.0 Å². The van der Waals surface area contributed by atoms with Crippen molar-refractivity contribution >= 4 is 17.5 Å². The highest BCUT2D eigenvalue weighted by atomic mass is 19.4. The molecule has 4 aromatic rings. The summed E-state index contributed by atoms with van der Waals surface area (Å²) in [5.41, 5.74) is 0.794. The molecule has 200 valence electrons. The van der Waals surface area contributed by atoms with Gasteiger partial charge < -0.3 is 15.0 Å². The minimum Gasteiger partial charge on any atom is -0.486 e. The number of carbonyl (C=O) groups is 2. The first-order valence-electron chi connectivity index (χ1n) is 11.8. The van der Waals surface area contributed by atoms with Gasteiger partial charge in [-0.2, -0.15) is 13.2 Å². The number of nitrogens with one attached hydrogen (secondary N) is 1. The molecule has 0 atom stereocenters. The number of nitrogens with zero attached hydrogens (tertiary/aromatic N) is 1. The quantitative estimate of drug-likeness (QED) is 0.258. The number of amides is 2. The molecular formula is C30H24F4N2O3. The normalized spacial score (nSPS) is 11.1. The molecule has 9 heteroatoms. The lowest BCUT2D eigenvalue weighted by Gasteiger charge is -2.18. The molecular weight excluding hydrogens is 512 g/mol. The second-order valence-corrected chi connectivity index (χ2v) is 8.88. The molecule has 0 fully saturated rings. The average molecular weight is 537 g/mol. The number of ether oxygens (including phenoxy) is 1. The van der Waals surface area contributed by atoms with E-state index in [4.69, 9.17) is 4.74 Å². The molecule has 0 aliphatic heterocycles. The molecule has 0 bridgehead atoms. The van der Waals surface area contributed by atoms with E-state index in [-0.39, 0.29) is 29.2 Å². The summed E-state index contributed by atoms with van der Waals surface area (Å²) in [7, 11) is 3.03. The van der Waals surface area contributed by atoms with Crippen molar-refractivity contribution in [2.45, 2.75) is 12.8 Å². The van der Waals surface area contributed by atoms with Gasteiger partial charge >= 0.3 is 6.18 Å². The molecule has 0 saturated heterocycles. The third-order valence-corrected chi connectivity index (χ3v) is 5.89. The monoisotopic (exact) mass is 536 g/mol. The smallest absolute Gasteiger partial charge is 0.416 e. The first-order valence-corrected chi connectivity index (χ1v) is 11.8. The number of hydrogen-bond donors (Lipinski definition) is 1. The van der Waals surface area contributed by atoms with Crippen molar-refractivity contribution in [2.75, 3.05) is 19.4 Å². The molecule has 4 aromatic carbocycles. The Labute approximate surface area is 222 Å². The SMILES string of the molecule is CN(C)C(=O)c1cc(OCc2ccccc2)c(F)cc1NC(=O)c1ccccc1-c1ccc(C(F)(F)F)cc1. The molecule has 5 nitrogen and oxygen atoms in total. The Morgan fingerprint density at radius 2 is 1.49 bits per heavy atom. The predicted molar refractivity (Wildman–Crippen MR) is 140 cm³/mol. The number of halogens is 4. The van der Waals surface area contributed by atoms with E-state index in [2.05, 4.69) is 5.32 Å². The largest absolute Gasteiger partial charge is 0.486 e. The van der Waals surface area contributed by atoms with Crippen LogP contribution >= 0.6 is 0 Å². The van der Waals surface area contributed by atoms with Crippen LogP contribution in [0.5, 0.6) is 5.75 Å². The summed E-state index contributed by atoms with van der Waals surface area (Å²) in [5.74, 6) is -2.11. The van der Waals surface area contributed by atoms with Crippen LogP contribution in [0.15, 0.2) is 91.0 Å². The lowest BCUT2D eigenvalue weighted by Crippen LogP contribution is -2.24. The van der Waals surface area contributed by atoms with Gasteiger partial charge in [0.05, 0.1) is 16.8 Å². The molecule has 0 unspecified atom stereocenters. The van der Waals surface area contributed by atoms with Gasteiger partial charge in [-0.15, -0.1) is 0 Å². The van der Waals surface area contributed by atoms with E-state index in [0.29, 0.717) is 11.1 Å². The maximum Gasteiger partial charge on any atom is 0.416 e. The van der Waals surface area contributed by atoms with Crippen molar-refractivity contribution in [1.29, 1.82) is 0 Å². The first-order chi connectivity index (χ1) is 18.5. The molecule has 0 aromatic heterocycles. The van der Waals surface area contributed by atoms with Crippen molar-refractivity contribution in [3.05, 3.63) is 119 Å². The van der Waals surface area contributed by atoms with Crippen LogP contribution in [0.3, 0.4) is 0 Å². The predicted octanol–water partition coefficient (Wildman–Crippen LogP) is 7.04. The highest BCUT2D eigenvalue weighted by Gasteiger charge is 2.30. The summed E-state index contributed by atoms with van der Waals surface area (Å²) in [5, 5.41) is 2.59. The lowest BCUT2D eigenvalue weighted by atomic mass is 9.98. The second-order valence-electron chi connectivity index (χ2n) is 8.88. The number of carbonyl (C=O) groups excluding carboxylic acids is 2. The van der Waals surface area contributed by atoms with Gasteiger partial charge in [0.25, 0.3) is 11.8 Å². The lowest BCUT2D eigenvalue weighted by molar-refractivity contribution is -0.137. The van der Waals surface area contributed by atoms with Crippen molar-refractivity contribution in [1.82, 2.24) is 4.90 Å². The van der Waals surface area contributed by atoms with Gasteiger partial charge in [0.2, 0.25) is 0 Å². The summed E-state index contributed by atoms with van der Waals surface area (Å²) >= 11 is 0. The fourth-order valence-corrected chi connectivity index (χ4v) is 3.88. The van der Waals surface area contributed by atoms with Gasteiger partial charge in [-0.1, -0.05) is 60.7 Å². The number of alkyl halides is 3. The Morgan fingerprint density at radius 3 is 2.13 bits per heavy atom. The fourth-order valence-electron chi connectivity index (χ4n) is 3.88. The maximum absolute atomic E-state index is 15.0. The average Bonchev–Trinajstić information content (AvgIpc) is 2.92. The van der Waals surface area contributed by atoms with Crippen LogP contribution in [0.25, 0.3) is 11.1 Å². The second kappa shape index (κ2) is 11.4. The molecule has 0 aliphatic carbocycles. The van der Waals surface area contributed by atoms with E-state index >= 15 is 4.39 Å². The van der Waals surface area contributed by atoms with Crippen LogP contribution in [0.4, 0.5) is 23.2 Å². The summed E-state index contributed by atoms with van der Waals surface area (Å²) in [6, 6.07) is 22.1. The van der Waals surface area contributed by atoms with Gasteiger partial charge in [-0.25, -0.2) is 4.39 Å². The molecule has 0 spiro atoms. The molecule has 4 rings (SSSR count). The van der Waals surface area contributed by atoms with Gasteiger partial charge in [0.15, 0.2) is 11.6 Å². The standard InChI is InChI=1S/C30H24F4N2O3/c1-36(2)29(38)24-16-27(39-18-19-8-4-3-5-9-19)25(31)17-26(24)35-28(37)23-11-7-6-10-22(23)20-12-14-21(15-13-20)30(32,33)34/h3-17H,18H2,1-2H3,(H,35,37). The zero-order chi connectivity index (χ0) is 28.2. The van der Waals surface area contributed by atoms with E-state index in [1.54, 1.807) is 18.2 Å². The van der Waals surface area contributed by atoms with Crippen LogP contribution in [0, 0.1) is 5.82 Å². The zero-order valence-corrected chi connectivity index (χ0v) is 21.1. The Morgan fingerprint density at radius 1 is 0.846 bits per heavy atom. The van der Waals surface area contributed by atoms with E-state index < -0.39 is 29.4 Å². The van der Waals surface area contributed by atoms with E-state index in [1.165, 1.54) is 43.3 Å². The molecule has 0 aliphatic rings. The summed E-state index contributed by atoms with van der Waals surface area (Å²) < 4.78 is 59.6. The van der Waals surface area contributed by atoms with E-state index in [1.807, 2.05) is 30.3 Å². The van der Waals surface area contributed by atoms with Crippen LogP contribution in [-0.2, 0) is 12.8 Å². The number of anilines is 1. The van der Waals surface area contributed by atoms with Gasteiger partial charge in [-0.3, -0.25) is 9.59 Å². The fraction of sp³-hybridized carbons (Fsp3) is 0.133. The first kappa shape index (κ1) is 27.4. The third-order valence-electron chi connectivity index (χ3n) is 5.89. The highest BCUT2D eigenvalue weighted by molar-refractivity contribution is 6.12. The topological polar surface area (TPSA) is 58.6 Å². The van der Waals surface area contributed by atoms with Crippen LogP contribution < -0.4 is 10.1 Å². The molecule has 0 saturated carbocycles.